The molecule has 0 aromatic heterocycles. The Morgan fingerprint density at radius 3 is 2.87 bits per heavy atom. The molecule has 0 fully saturated rings. The number of hydrogen-bond donors (Lipinski definition) is 1. The molecule has 0 aliphatic carbocycles. The van der Waals surface area contributed by atoms with E-state index in [2.05, 4.69) is 0 Å². The molecule has 0 bridgehead atoms. The van der Waals surface area contributed by atoms with E-state index >= 15 is 0 Å². The standard InChI is InChI=1S/C10H8ClNO2S/c11-8-5-7(6-12)1-2-9(8)15-4-3-10(13)14/h1-2,5H,3-4H2,(H,13,14). The van der Waals surface area contributed by atoms with E-state index in [-0.39, 0.29) is 6.42 Å². The first-order chi connectivity index (χ1) is 7.13. The number of nitriles is 1. The summed E-state index contributed by atoms with van der Waals surface area (Å²) >= 11 is 7.28. The normalized spacial score (nSPS) is 9.60. The molecule has 1 N–H and O–H groups in total. The van der Waals surface area contributed by atoms with Gasteiger partial charge in [-0.15, -0.1) is 11.8 Å². The second-order valence-corrected chi connectivity index (χ2v) is 4.29. The van der Waals surface area contributed by atoms with Crippen LogP contribution in [0.2, 0.25) is 5.02 Å². The summed E-state index contributed by atoms with van der Waals surface area (Å²) in [6.07, 6.45) is 0.0982. The molecule has 0 spiro atoms. The minimum atomic E-state index is -0.827. The summed E-state index contributed by atoms with van der Waals surface area (Å²) in [5, 5.41) is 17.6. The van der Waals surface area contributed by atoms with Crippen LogP contribution >= 0.6 is 23.4 Å². The van der Waals surface area contributed by atoms with Crippen molar-refractivity contribution in [1.29, 1.82) is 5.26 Å². The highest BCUT2D eigenvalue weighted by Gasteiger charge is 2.04. The number of rotatable bonds is 4. The minimum absolute atomic E-state index is 0.0982. The second-order valence-electron chi connectivity index (χ2n) is 2.75. The number of nitrogens with zero attached hydrogens (tertiary/aromatic N) is 1. The first-order valence-corrected chi connectivity index (χ1v) is 5.54. The molecule has 0 amide bonds. The molecule has 0 heterocycles. The lowest BCUT2D eigenvalue weighted by Crippen LogP contribution is -1.95. The Hall–Kier alpha value is -1.18. The minimum Gasteiger partial charge on any atom is -0.481 e. The number of carboxylic acids is 1. The Bertz CT molecular complexity index is 414. The van der Waals surface area contributed by atoms with Crippen LogP contribution in [0.25, 0.3) is 0 Å². The predicted molar refractivity (Wildman–Crippen MR) is 59.1 cm³/mol. The van der Waals surface area contributed by atoms with E-state index in [1.54, 1.807) is 18.2 Å². The molecule has 3 nitrogen and oxygen atoms in total. The third-order valence-corrected chi connectivity index (χ3v) is 3.13. The van der Waals surface area contributed by atoms with E-state index < -0.39 is 5.97 Å². The average Bonchev–Trinajstić information content (AvgIpc) is 2.20. The summed E-state index contributed by atoms with van der Waals surface area (Å²) in [4.78, 5) is 11.1. The molecule has 1 rings (SSSR count). The van der Waals surface area contributed by atoms with E-state index in [4.69, 9.17) is 22.0 Å². The van der Waals surface area contributed by atoms with Crippen molar-refractivity contribution in [2.45, 2.75) is 11.3 Å². The molecule has 1 aromatic carbocycles. The molecule has 5 heteroatoms. The Morgan fingerprint density at radius 2 is 2.33 bits per heavy atom. The van der Waals surface area contributed by atoms with Crippen LogP contribution in [0.15, 0.2) is 23.1 Å². The zero-order valence-corrected chi connectivity index (χ0v) is 9.31. The SMILES string of the molecule is N#Cc1ccc(SCCC(=O)O)c(Cl)c1. The summed E-state index contributed by atoms with van der Waals surface area (Å²) in [5.41, 5.74) is 0.502. The Labute approximate surface area is 96.7 Å². The molecular formula is C10H8ClNO2S. The maximum Gasteiger partial charge on any atom is 0.304 e. The van der Waals surface area contributed by atoms with Crippen LogP contribution in [-0.4, -0.2) is 16.8 Å². The van der Waals surface area contributed by atoms with Gasteiger partial charge in [-0.2, -0.15) is 5.26 Å². The Balaban J connectivity index is 2.63. The predicted octanol–water partition coefficient (Wildman–Crippen LogP) is 2.78. The number of carboxylic acid groups (broad SMARTS) is 1. The molecule has 0 unspecified atom stereocenters. The van der Waals surface area contributed by atoms with Crippen molar-refractivity contribution in [2.24, 2.45) is 0 Å². The molecule has 0 aliphatic heterocycles. The van der Waals surface area contributed by atoms with E-state index in [0.29, 0.717) is 16.3 Å². The second kappa shape index (κ2) is 5.64. The lowest BCUT2D eigenvalue weighted by atomic mass is 10.2. The van der Waals surface area contributed by atoms with Gasteiger partial charge in [-0.3, -0.25) is 4.79 Å². The summed E-state index contributed by atoms with van der Waals surface area (Å²) in [6.45, 7) is 0. The first-order valence-electron chi connectivity index (χ1n) is 4.17. The topological polar surface area (TPSA) is 61.1 Å². The van der Waals surface area contributed by atoms with Gasteiger partial charge in [-0.25, -0.2) is 0 Å². The fourth-order valence-electron chi connectivity index (χ4n) is 0.936. The fourth-order valence-corrected chi connectivity index (χ4v) is 2.14. The van der Waals surface area contributed by atoms with Crippen LogP contribution in [0, 0.1) is 11.3 Å². The van der Waals surface area contributed by atoms with Crippen molar-refractivity contribution < 1.29 is 9.90 Å². The molecule has 0 aliphatic rings. The van der Waals surface area contributed by atoms with E-state index in [1.165, 1.54) is 11.8 Å². The smallest absolute Gasteiger partial charge is 0.304 e. The summed E-state index contributed by atoms with van der Waals surface area (Å²) in [6, 6.07) is 6.95. The van der Waals surface area contributed by atoms with Crippen molar-refractivity contribution in [1.82, 2.24) is 0 Å². The maximum absolute atomic E-state index is 10.3. The third-order valence-electron chi connectivity index (χ3n) is 1.63. The molecule has 1 aromatic rings. The fraction of sp³-hybridized carbons (Fsp3) is 0.200. The molecule has 78 valence electrons. The highest BCUT2D eigenvalue weighted by Crippen LogP contribution is 2.28. The third kappa shape index (κ3) is 3.82. The number of benzene rings is 1. The average molecular weight is 242 g/mol. The van der Waals surface area contributed by atoms with Crippen LogP contribution in [0.4, 0.5) is 0 Å². The molecular weight excluding hydrogens is 234 g/mol. The van der Waals surface area contributed by atoms with E-state index in [9.17, 15) is 4.79 Å². The van der Waals surface area contributed by atoms with Gasteiger partial charge in [0.25, 0.3) is 0 Å². The van der Waals surface area contributed by atoms with Gasteiger partial charge in [0.15, 0.2) is 0 Å². The first kappa shape index (κ1) is 11.9. The highest BCUT2D eigenvalue weighted by molar-refractivity contribution is 7.99. The zero-order valence-electron chi connectivity index (χ0n) is 7.74. The lowest BCUT2D eigenvalue weighted by molar-refractivity contribution is -0.136. The van der Waals surface area contributed by atoms with Gasteiger partial charge in [0.2, 0.25) is 0 Å². The van der Waals surface area contributed by atoms with Gasteiger partial charge in [-0.05, 0) is 18.2 Å². The number of halogens is 1. The molecule has 15 heavy (non-hydrogen) atoms. The molecule has 0 atom stereocenters. The van der Waals surface area contributed by atoms with E-state index in [1.807, 2.05) is 6.07 Å². The van der Waals surface area contributed by atoms with Crippen molar-refractivity contribution in [3.63, 3.8) is 0 Å². The Kier molecular flexibility index (Phi) is 4.47. The quantitative estimate of drug-likeness (QED) is 0.824. The molecule has 0 saturated carbocycles. The van der Waals surface area contributed by atoms with Crippen LogP contribution in [0.3, 0.4) is 0 Å². The van der Waals surface area contributed by atoms with Crippen molar-refractivity contribution >= 4 is 29.3 Å². The van der Waals surface area contributed by atoms with Crippen molar-refractivity contribution in [3.8, 4) is 6.07 Å². The van der Waals surface area contributed by atoms with Crippen LogP contribution in [0.5, 0.6) is 0 Å². The van der Waals surface area contributed by atoms with Gasteiger partial charge in [0.05, 0.1) is 23.1 Å². The van der Waals surface area contributed by atoms with E-state index in [0.717, 1.165) is 4.90 Å². The van der Waals surface area contributed by atoms with Crippen LogP contribution in [-0.2, 0) is 4.79 Å². The van der Waals surface area contributed by atoms with Crippen LogP contribution < -0.4 is 0 Å². The van der Waals surface area contributed by atoms with Gasteiger partial charge in [-0.1, -0.05) is 11.6 Å². The maximum atomic E-state index is 10.3. The summed E-state index contributed by atoms with van der Waals surface area (Å²) < 4.78 is 0. The Morgan fingerprint density at radius 1 is 1.60 bits per heavy atom. The van der Waals surface area contributed by atoms with Gasteiger partial charge in [0.1, 0.15) is 0 Å². The number of carbonyl (C=O) groups is 1. The largest absolute Gasteiger partial charge is 0.481 e. The van der Waals surface area contributed by atoms with Crippen LogP contribution in [0.1, 0.15) is 12.0 Å². The van der Waals surface area contributed by atoms with Gasteiger partial charge >= 0.3 is 5.97 Å². The van der Waals surface area contributed by atoms with Gasteiger partial charge < -0.3 is 5.11 Å². The lowest BCUT2D eigenvalue weighted by Gasteiger charge is -2.02. The summed E-state index contributed by atoms with van der Waals surface area (Å²) in [5.74, 6) is -0.353. The highest BCUT2D eigenvalue weighted by atomic mass is 35.5. The van der Waals surface area contributed by atoms with Gasteiger partial charge in [0, 0.05) is 10.6 Å². The number of hydrogen-bond acceptors (Lipinski definition) is 3. The van der Waals surface area contributed by atoms with Crippen molar-refractivity contribution in [2.75, 3.05) is 5.75 Å². The molecule has 0 radical (unpaired) electrons. The zero-order chi connectivity index (χ0) is 11.3. The molecule has 0 saturated heterocycles. The summed E-state index contributed by atoms with van der Waals surface area (Å²) in [7, 11) is 0. The van der Waals surface area contributed by atoms with Crippen molar-refractivity contribution in [3.05, 3.63) is 28.8 Å². The number of aliphatic carboxylic acids is 1. The number of thioether (sulfide) groups is 1. The monoisotopic (exact) mass is 241 g/mol.